The zero-order valence-electron chi connectivity index (χ0n) is 24.8. The zero-order chi connectivity index (χ0) is 30.5. The van der Waals surface area contributed by atoms with Crippen molar-refractivity contribution in [2.45, 2.75) is 63.8 Å². The molecule has 4 rings (SSSR count). The fourth-order valence-corrected chi connectivity index (χ4v) is 7.45. The number of aliphatic hydroxyl groups excluding tert-OH is 1. The van der Waals surface area contributed by atoms with E-state index in [0.29, 0.717) is 23.6 Å². The number of ketones is 3. The van der Waals surface area contributed by atoms with Gasteiger partial charge in [-0.1, -0.05) is 26.7 Å². The molecule has 2 fully saturated rings. The Bertz CT molecular complexity index is 1240. The lowest BCUT2D eigenvalue weighted by molar-refractivity contribution is -0.190. The molecule has 2 saturated carbocycles. The minimum atomic E-state index is -2.67. The Balaban J connectivity index is 1.79. The summed E-state index contributed by atoms with van der Waals surface area (Å²) in [5.41, 5.74) is 4.68. The molecule has 226 valence electrons. The van der Waals surface area contributed by atoms with Crippen LogP contribution in [0.25, 0.3) is 0 Å². The predicted molar refractivity (Wildman–Crippen MR) is 152 cm³/mol. The molecular formula is C30H44N4O7. The number of aromatic hydroxyl groups is 1. The summed E-state index contributed by atoms with van der Waals surface area (Å²) in [6, 6.07) is 0.929. The van der Waals surface area contributed by atoms with Gasteiger partial charge in [0.15, 0.2) is 23.0 Å². The number of likely N-dealkylation sites (N-methyl/N-ethyl adjacent to an activating group) is 1. The smallest absolute Gasteiger partial charge is 0.230 e. The Kier molecular flexibility index (Phi) is 8.67. The number of carbonyl (C=O) groups excluding carboxylic acids is 4. The third-order valence-corrected chi connectivity index (χ3v) is 9.73. The molecule has 0 heterocycles. The van der Waals surface area contributed by atoms with E-state index in [-0.39, 0.29) is 24.2 Å². The van der Waals surface area contributed by atoms with Gasteiger partial charge >= 0.3 is 0 Å². The van der Waals surface area contributed by atoms with Crippen molar-refractivity contribution in [3.8, 4) is 5.75 Å². The van der Waals surface area contributed by atoms with Gasteiger partial charge in [-0.3, -0.25) is 19.2 Å². The molecule has 6 N–H and O–H groups in total. The van der Waals surface area contributed by atoms with Crippen LogP contribution < -0.4 is 16.0 Å². The van der Waals surface area contributed by atoms with Gasteiger partial charge in [0.05, 0.1) is 17.6 Å². The van der Waals surface area contributed by atoms with Crippen LogP contribution in [0.4, 0.5) is 5.69 Å². The van der Waals surface area contributed by atoms with Crippen molar-refractivity contribution in [1.82, 2.24) is 10.2 Å². The lowest BCUT2D eigenvalue weighted by Crippen LogP contribution is -2.75. The van der Waals surface area contributed by atoms with Gasteiger partial charge < -0.3 is 36.2 Å². The van der Waals surface area contributed by atoms with Gasteiger partial charge in [0.25, 0.3) is 0 Å². The molecule has 7 atom stereocenters. The molecule has 0 aromatic heterocycles. The first-order valence-corrected chi connectivity index (χ1v) is 14.5. The number of hydrogen-bond donors (Lipinski definition) is 5. The molecule has 3 aliphatic rings. The lowest BCUT2D eigenvalue weighted by Gasteiger charge is -2.55. The fourth-order valence-electron chi connectivity index (χ4n) is 7.45. The maximum absolute atomic E-state index is 14.1. The van der Waals surface area contributed by atoms with Gasteiger partial charge in [0.2, 0.25) is 5.91 Å². The van der Waals surface area contributed by atoms with E-state index in [1.807, 2.05) is 25.1 Å². The van der Waals surface area contributed by atoms with E-state index >= 15 is 0 Å². The number of rotatable bonds is 9. The summed E-state index contributed by atoms with van der Waals surface area (Å²) in [4.78, 5) is 57.3. The molecule has 11 nitrogen and oxygen atoms in total. The molecular weight excluding hydrogens is 528 g/mol. The first-order chi connectivity index (χ1) is 19.2. The van der Waals surface area contributed by atoms with E-state index in [1.54, 1.807) is 19.0 Å². The quantitative estimate of drug-likeness (QED) is 0.258. The molecule has 1 aromatic rings. The van der Waals surface area contributed by atoms with E-state index in [2.05, 4.69) is 19.2 Å². The van der Waals surface area contributed by atoms with Crippen molar-refractivity contribution in [3.05, 3.63) is 22.8 Å². The van der Waals surface area contributed by atoms with Crippen molar-refractivity contribution < 1.29 is 34.5 Å². The molecule has 0 spiro atoms. The summed E-state index contributed by atoms with van der Waals surface area (Å²) < 4.78 is 0. The minimum absolute atomic E-state index is 0.0334. The van der Waals surface area contributed by atoms with E-state index in [0.717, 1.165) is 25.1 Å². The third kappa shape index (κ3) is 4.86. The van der Waals surface area contributed by atoms with Gasteiger partial charge in [0.1, 0.15) is 11.7 Å². The number of phenolic OH excluding ortho intramolecular Hbond substituents is 1. The Labute approximate surface area is 241 Å². The molecule has 1 aromatic carbocycles. The average molecular weight is 573 g/mol. The average Bonchev–Trinajstić information content (AvgIpc) is 2.89. The Morgan fingerprint density at radius 2 is 1.78 bits per heavy atom. The third-order valence-electron chi connectivity index (χ3n) is 9.73. The number of carbonyl (C=O) groups is 4. The molecule has 0 radical (unpaired) electrons. The highest BCUT2D eigenvalue weighted by molar-refractivity contribution is 6.25. The van der Waals surface area contributed by atoms with Crippen molar-refractivity contribution in [2.24, 2.45) is 35.3 Å². The number of nitrogens with two attached hydrogens (primary N) is 1. The normalized spacial score (nSPS) is 31.2. The summed E-state index contributed by atoms with van der Waals surface area (Å²) in [6.45, 7) is 5.30. The van der Waals surface area contributed by atoms with Crippen LogP contribution in [0.3, 0.4) is 0 Å². The molecule has 1 amide bonds. The summed E-state index contributed by atoms with van der Waals surface area (Å²) in [5.74, 6) is -8.49. The van der Waals surface area contributed by atoms with E-state index < -0.39 is 64.7 Å². The second-order valence-corrected chi connectivity index (χ2v) is 12.4. The van der Waals surface area contributed by atoms with Gasteiger partial charge in [-0.2, -0.15) is 0 Å². The number of amides is 1. The number of primary amides is 1. The van der Waals surface area contributed by atoms with Gasteiger partial charge in [-0.15, -0.1) is 0 Å². The fraction of sp³-hybridized carbons (Fsp3) is 0.667. The largest absolute Gasteiger partial charge is 0.507 e. The number of hydrogen-bond acceptors (Lipinski definition) is 10. The SMILES string of the molecule is CCC(CC)CNCc1cc(N(C)C)c2c(c1O)C(=O)C1C(=O)[C@]3(O)C(=O)[C@H](C(N)=O)C(O)[C@@H](N(C)C)[C@@H]3C[C@@H]1C2. The molecule has 3 aliphatic carbocycles. The van der Waals surface area contributed by atoms with E-state index in [9.17, 15) is 34.5 Å². The number of nitrogens with one attached hydrogen (secondary N) is 1. The summed E-state index contributed by atoms with van der Waals surface area (Å²) >= 11 is 0. The van der Waals surface area contributed by atoms with Crippen molar-refractivity contribution in [2.75, 3.05) is 39.6 Å². The highest BCUT2D eigenvalue weighted by Gasteiger charge is 2.69. The number of benzene rings is 1. The van der Waals surface area contributed by atoms with E-state index in [1.165, 1.54) is 0 Å². The summed E-state index contributed by atoms with van der Waals surface area (Å²) in [6.07, 6.45) is 0.847. The first kappa shape index (κ1) is 31.1. The van der Waals surface area contributed by atoms with Crippen LogP contribution in [0.2, 0.25) is 0 Å². The topological polar surface area (TPSA) is 174 Å². The number of fused-ring (bicyclic) bond motifs is 3. The molecule has 2 unspecified atom stereocenters. The monoisotopic (exact) mass is 572 g/mol. The Morgan fingerprint density at radius 1 is 1.15 bits per heavy atom. The van der Waals surface area contributed by atoms with Gasteiger partial charge in [0, 0.05) is 43.9 Å². The van der Waals surface area contributed by atoms with Crippen molar-refractivity contribution >= 4 is 28.9 Å². The maximum atomic E-state index is 14.1. The van der Waals surface area contributed by atoms with Crippen LogP contribution in [0, 0.1) is 29.6 Å². The van der Waals surface area contributed by atoms with Crippen LogP contribution in [-0.4, -0.2) is 96.0 Å². The molecule has 0 bridgehead atoms. The summed E-state index contributed by atoms with van der Waals surface area (Å²) in [5, 5.41) is 37.5. The van der Waals surface area contributed by atoms with Crippen molar-refractivity contribution in [3.63, 3.8) is 0 Å². The van der Waals surface area contributed by atoms with Gasteiger partial charge in [-0.05, 0) is 56.9 Å². The first-order valence-electron chi connectivity index (χ1n) is 14.5. The minimum Gasteiger partial charge on any atom is -0.507 e. The Hall–Kier alpha value is -2.86. The van der Waals surface area contributed by atoms with Crippen molar-refractivity contribution in [1.29, 1.82) is 0 Å². The predicted octanol–water partition coefficient (Wildman–Crippen LogP) is 0.251. The molecule has 11 heteroatoms. The number of nitrogens with zero attached hydrogens (tertiary/aromatic N) is 2. The van der Waals surface area contributed by atoms with Crippen LogP contribution in [-0.2, 0) is 27.3 Å². The molecule has 0 aliphatic heterocycles. The number of anilines is 1. The number of aliphatic hydroxyl groups is 2. The van der Waals surface area contributed by atoms with Crippen LogP contribution in [0.1, 0.15) is 54.6 Å². The second kappa shape index (κ2) is 11.4. The molecule has 41 heavy (non-hydrogen) atoms. The molecule has 0 saturated heterocycles. The lowest BCUT2D eigenvalue weighted by atomic mass is 9.52. The highest BCUT2D eigenvalue weighted by Crippen LogP contribution is 2.52. The standard InChI is InChI=1S/C30H44N4O7/c1-7-14(8-2)12-32-13-16-11-19(33(3)4)17-9-15-10-18-23(34(5)6)26(37)22(29(31)40)28(39)30(18,41)27(38)20(15)25(36)21(17)24(16)35/h11,14-15,18,20,22-23,26,32,35,37,41H,7-10,12-13H2,1-6H3,(H2,31,40)/t15-,18-,20?,22+,23-,26?,30-/m0/s1. The van der Waals surface area contributed by atoms with E-state index in [4.69, 9.17) is 5.73 Å². The second-order valence-electron chi connectivity index (χ2n) is 12.4. The number of Topliss-reactive ketones (excluding diaryl/α,β-unsaturated/α-hetero) is 3. The van der Waals surface area contributed by atoms with Crippen LogP contribution in [0.15, 0.2) is 6.07 Å². The maximum Gasteiger partial charge on any atom is 0.230 e. The summed E-state index contributed by atoms with van der Waals surface area (Å²) in [7, 11) is 6.94. The number of phenols is 1. The zero-order valence-corrected chi connectivity index (χ0v) is 24.8. The Morgan fingerprint density at radius 3 is 2.32 bits per heavy atom. The van der Waals surface area contributed by atoms with Gasteiger partial charge in [-0.25, -0.2) is 0 Å². The van der Waals surface area contributed by atoms with Crippen LogP contribution in [0.5, 0.6) is 5.75 Å². The highest BCUT2D eigenvalue weighted by atomic mass is 16.3. The van der Waals surface area contributed by atoms with Crippen LogP contribution >= 0.6 is 0 Å².